The molecule has 0 aromatic heterocycles. The van der Waals surface area contributed by atoms with E-state index < -0.39 is 132 Å². The molecule has 12 N–H and O–H groups in total. The Kier molecular flexibility index (Phi) is 26.6. The molecule has 76 heavy (non-hydrogen) atoms. The van der Waals surface area contributed by atoms with Crippen LogP contribution in [0.3, 0.4) is 0 Å². The van der Waals surface area contributed by atoms with E-state index in [0.717, 1.165) is 10.5 Å². The van der Waals surface area contributed by atoms with Crippen molar-refractivity contribution in [2.45, 2.75) is 150 Å². The fourth-order valence-corrected chi connectivity index (χ4v) is 8.10. The van der Waals surface area contributed by atoms with Gasteiger partial charge in [0.05, 0.1) is 17.9 Å². The number of ether oxygens (including phenoxy) is 1. The molecule has 2 rings (SSSR count). The summed E-state index contributed by atoms with van der Waals surface area (Å²) in [5.74, 6) is -13.7. The summed E-state index contributed by atoms with van der Waals surface area (Å²) in [4.78, 5) is 140. The molecule has 10 atom stereocenters. The van der Waals surface area contributed by atoms with Crippen LogP contribution in [0.4, 0.5) is 0 Å². The molecule has 0 aliphatic carbocycles. The number of carboxylic acid groups (broad SMARTS) is 2. The largest absolute Gasteiger partial charge is 0.480 e. The Labute approximate surface area is 444 Å². The number of nitrogens with two attached hydrogens (primary N) is 2. The molecule has 0 radical (unpaired) electrons. The Hall–Kier alpha value is -7.59. The maximum absolute atomic E-state index is 14.5. The first-order valence-electron chi connectivity index (χ1n) is 25.4. The average molecular weight is 1070 g/mol. The predicted octanol–water partition coefficient (Wildman–Crippen LogP) is 1.56. The van der Waals surface area contributed by atoms with Gasteiger partial charge in [0, 0.05) is 39.3 Å². The SMILES string of the molecule is C=C1C(=O)N[C@H](CC(C)C)C(=O)N[C@@H](CC(C)C)C(=O)N[C@@H](C(=O)O)[C@H](C)C(=O)N[C@@H](CCCN=C(N)N)C(=O)N[C@@H](/C=C/C(C)=C/[C@H](C)[C@H](Cc2ccccc2)OC(C)=O)[C@H](C)C(=O)N[C@@H](C(=O)O)CCC(=O)N1C. The van der Waals surface area contributed by atoms with Crippen LogP contribution in [-0.2, 0) is 59.1 Å². The third kappa shape index (κ3) is 22.1. The number of amides is 7. The lowest BCUT2D eigenvalue weighted by Crippen LogP contribution is -2.59. The highest BCUT2D eigenvalue weighted by Crippen LogP contribution is 2.20. The fraction of sp³-hybridized carbons (Fsp3) is 0.566. The molecule has 23 heteroatoms. The molecule has 1 aromatic carbocycles. The third-order valence-electron chi connectivity index (χ3n) is 12.6. The first kappa shape index (κ1) is 64.5. The van der Waals surface area contributed by atoms with Crippen molar-refractivity contribution in [3.8, 4) is 0 Å². The first-order chi connectivity index (χ1) is 35.5. The van der Waals surface area contributed by atoms with Crippen LogP contribution >= 0.6 is 0 Å². The van der Waals surface area contributed by atoms with Crippen molar-refractivity contribution in [3.05, 3.63) is 72.0 Å². The van der Waals surface area contributed by atoms with Gasteiger partial charge < -0.3 is 63.2 Å². The Bertz CT molecular complexity index is 2330. The zero-order valence-corrected chi connectivity index (χ0v) is 45.3. The summed E-state index contributed by atoms with van der Waals surface area (Å²) in [5, 5.41) is 36.0. The molecular weight excluding hydrogens is 985 g/mol. The number of benzene rings is 1. The summed E-state index contributed by atoms with van der Waals surface area (Å²) in [5.41, 5.74) is 12.2. The molecule has 0 unspecified atom stereocenters. The lowest BCUT2D eigenvalue weighted by molar-refractivity contribution is -0.148. The molecule has 0 saturated carbocycles. The van der Waals surface area contributed by atoms with Crippen LogP contribution in [-0.4, -0.2) is 136 Å². The molecule has 1 aliphatic rings. The van der Waals surface area contributed by atoms with Crippen molar-refractivity contribution in [3.63, 3.8) is 0 Å². The van der Waals surface area contributed by atoms with Gasteiger partial charge in [0.1, 0.15) is 42.0 Å². The number of likely N-dealkylation sites (N-methyl/N-ethyl adjacent to an activating group) is 1. The Morgan fingerprint density at radius 1 is 0.776 bits per heavy atom. The standard InChI is InChI=1S/C53H80N10O13/c1-28(2)24-40-49(70)61-41(25-29(3)4)50(71)62-44(52(74)75)33(8)46(67)58-38(18-15-23-56-53(54)55)48(69)57-37(20-19-30(5)26-31(6)42(76-35(10)64)27-36-16-13-12-14-17-36)32(7)45(66)59-39(51(72)73)21-22-43(65)63(11)34(9)47(68)60-40/h12-14,16-17,19-20,26,28-29,31-33,37-42,44H,9,15,18,21-25,27H2,1-8,10-11H3,(H,57,69)(H,58,67)(H,59,66)(H,60,68)(H,61,70)(H,62,71)(H,72,73)(H,74,75)(H4,54,55,56)/b20-19+,30-26+/t31-,32-,33-,37-,38-,39+,40+,41-,42-,44+/m0/s1. The normalized spacial score (nSPS) is 24.4. The van der Waals surface area contributed by atoms with Gasteiger partial charge in [0.25, 0.3) is 5.91 Å². The predicted molar refractivity (Wildman–Crippen MR) is 283 cm³/mol. The molecule has 1 saturated heterocycles. The van der Waals surface area contributed by atoms with E-state index in [1.807, 2.05) is 43.3 Å². The minimum absolute atomic E-state index is 0.00190. The van der Waals surface area contributed by atoms with Gasteiger partial charge in [0.2, 0.25) is 35.4 Å². The number of carboxylic acids is 2. The van der Waals surface area contributed by atoms with Crippen molar-refractivity contribution in [2.24, 2.45) is 46.0 Å². The molecule has 0 spiro atoms. The van der Waals surface area contributed by atoms with Crippen LogP contribution in [0.15, 0.2) is 71.4 Å². The number of hydrogen-bond acceptors (Lipinski definition) is 12. The monoisotopic (exact) mass is 1060 g/mol. The zero-order chi connectivity index (χ0) is 57.6. The molecule has 0 bridgehead atoms. The van der Waals surface area contributed by atoms with E-state index in [1.165, 1.54) is 33.9 Å². The Balaban J connectivity index is 2.80. The Morgan fingerprint density at radius 3 is 1.88 bits per heavy atom. The van der Waals surface area contributed by atoms with Gasteiger partial charge in [-0.15, -0.1) is 0 Å². The number of rotatable bonds is 17. The third-order valence-corrected chi connectivity index (χ3v) is 12.6. The van der Waals surface area contributed by atoms with Gasteiger partial charge in [-0.05, 0) is 56.4 Å². The van der Waals surface area contributed by atoms with Crippen LogP contribution < -0.4 is 43.4 Å². The van der Waals surface area contributed by atoms with Gasteiger partial charge in [-0.1, -0.05) is 109 Å². The number of nitrogens with zero attached hydrogens (tertiary/aromatic N) is 2. The van der Waals surface area contributed by atoms with E-state index in [1.54, 1.807) is 40.7 Å². The second-order valence-corrected chi connectivity index (χ2v) is 20.1. The van der Waals surface area contributed by atoms with Crippen LogP contribution in [0.2, 0.25) is 0 Å². The maximum Gasteiger partial charge on any atom is 0.327 e. The fourth-order valence-electron chi connectivity index (χ4n) is 8.10. The second-order valence-electron chi connectivity index (χ2n) is 20.1. The van der Waals surface area contributed by atoms with Gasteiger partial charge >= 0.3 is 17.9 Å². The Morgan fingerprint density at radius 2 is 1.33 bits per heavy atom. The number of carbonyl (C=O) groups excluding carboxylic acids is 8. The van der Waals surface area contributed by atoms with Gasteiger partial charge in [-0.2, -0.15) is 0 Å². The number of aliphatic imine (C=N–C) groups is 1. The van der Waals surface area contributed by atoms with Crippen molar-refractivity contribution in [1.29, 1.82) is 0 Å². The van der Waals surface area contributed by atoms with Crippen molar-refractivity contribution >= 4 is 65.2 Å². The molecule has 1 heterocycles. The average Bonchev–Trinajstić information content (AvgIpc) is 3.33. The number of esters is 1. The number of hydrogen-bond donors (Lipinski definition) is 10. The maximum atomic E-state index is 14.5. The summed E-state index contributed by atoms with van der Waals surface area (Å²) in [6, 6.07) is 0.469. The minimum atomic E-state index is -1.91. The minimum Gasteiger partial charge on any atom is -0.480 e. The molecule has 420 valence electrons. The zero-order valence-electron chi connectivity index (χ0n) is 45.3. The highest BCUT2D eigenvalue weighted by molar-refractivity contribution is 6.00. The van der Waals surface area contributed by atoms with Crippen LogP contribution in [0.5, 0.6) is 0 Å². The number of carbonyl (C=O) groups is 10. The molecule has 1 aliphatic heterocycles. The first-order valence-corrected chi connectivity index (χ1v) is 25.4. The highest BCUT2D eigenvalue weighted by Gasteiger charge is 2.38. The number of aliphatic carboxylic acids is 2. The van der Waals surface area contributed by atoms with Gasteiger partial charge in [0.15, 0.2) is 5.96 Å². The molecule has 23 nitrogen and oxygen atoms in total. The van der Waals surface area contributed by atoms with E-state index in [4.69, 9.17) is 16.2 Å². The summed E-state index contributed by atoms with van der Waals surface area (Å²) < 4.78 is 5.69. The quantitative estimate of drug-likeness (QED) is 0.0264. The molecule has 7 amide bonds. The molecular formula is C53H80N10O13. The lowest BCUT2D eigenvalue weighted by Gasteiger charge is -2.29. The van der Waals surface area contributed by atoms with Crippen LogP contribution in [0.25, 0.3) is 0 Å². The van der Waals surface area contributed by atoms with Crippen LogP contribution in [0.1, 0.15) is 106 Å². The van der Waals surface area contributed by atoms with E-state index in [2.05, 4.69) is 43.5 Å². The molecule has 1 fully saturated rings. The van der Waals surface area contributed by atoms with E-state index in [-0.39, 0.29) is 55.9 Å². The van der Waals surface area contributed by atoms with Gasteiger partial charge in [-0.25, -0.2) is 9.59 Å². The van der Waals surface area contributed by atoms with E-state index in [9.17, 15) is 58.2 Å². The van der Waals surface area contributed by atoms with Gasteiger partial charge in [-0.3, -0.25) is 43.3 Å². The molecule has 1 aromatic rings. The highest BCUT2D eigenvalue weighted by atomic mass is 16.5. The number of guanidine groups is 1. The summed E-state index contributed by atoms with van der Waals surface area (Å²) in [6.07, 6.45) is 3.75. The van der Waals surface area contributed by atoms with Crippen LogP contribution in [0, 0.1) is 29.6 Å². The number of nitrogens with one attached hydrogen (secondary N) is 6. The smallest absolute Gasteiger partial charge is 0.327 e. The lowest BCUT2D eigenvalue weighted by atomic mass is 9.94. The second kappa shape index (κ2) is 31.3. The summed E-state index contributed by atoms with van der Waals surface area (Å²) in [7, 11) is 1.22. The summed E-state index contributed by atoms with van der Waals surface area (Å²) >= 11 is 0. The topological polar surface area (TPSA) is 360 Å². The summed E-state index contributed by atoms with van der Waals surface area (Å²) in [6.45, 7) is 18.3. The van der Waals surface area contributed by atoms with Crippen molar-refractivity contribution in [2.75, 3.05) is 13.6 Å². The van der Waals surface area contributed by atoms with Crippen molar-refractivity contribution in [1.82, 2.24) is 36.8 Å². The number of allylic oxidation sites excluding steroid dienone is 2. The van der Waals surface area contributed by atoms with E-state index >= 15 is 0 Å². The van der Waals surface area contributed by atoms with Crippen molar-refractivity contribution < 1.29 is 62.9 Å². The van der Waals surface area contributed by atoms with E-state index in [0.29, 0.717) is 12.0 Å².